The average Bonchev–Trinajstić information content (AvgIpc) is 2.66. The lowest BCUT2D eigenvalue weighted by Crippen LogP contribution is -2.29. The van der Waals surface area contributed by atoms with Gasteiger partial charge in [0.05, 0.1) is 6.10 Å². The molecule has 1 aromatic carbocycles. The van der Waals surface area contributed by atoms with E-state index in [1.807, 2.05) is 6.07 Å². The lowest BCUT2D eigenvalue weighted by molar-refractivity contribution is -0.113. The molecule has 0 fully saturated rings. The van der Waals surface area contributed by atoms with Gasteiger partial charge in [0.2, 0.25) is 12.1 Å². The van der Waals surface area contributed by atoms with E-state index >= 15 is 0 Å². The second-order valence-electron chi connectivity index (χ2n) is 7.25. The van der Waals surface area contributed by atoms with Crippen LogP contribution in [-0.2, 0) is 4.74 Å². The molecule has 1 N–H and O–H groups in total. The predicted molar refractivity (Wildman–Crippen MR) is 108 cm³/mol. The van der Waals surface area contributed by atoms with Gasteiger partial charge in [-0.15, -0.1) is 0 Å². The summed E-state index contributed by atoms with van der Waals surface area (Å²) in [6.45, 7) is 4.36. The molecule has 1 aromatic rings. The van der Waals surface area contributed by atoms with Crippen molar-refractivity contribution < 1.29 is 14.6 Å². The number of carbonyl (C=O) groups is 1. The number of unbranched alkanes of at least 4 members (excludes halogenated alkanes) is 8. The van der Waals surface area contributed by atoms with E-state index in [1.54, 1.807) is 24.3 Å². The Morgan fingerprint density at radius 2 is 1.42 bits per heavy atom. The minimum Gasteiger partial charge on any atom is -0.362 e. The number of hydrogen-bond acceptors (Lipinski definition) is 3. The molecular formula is C23H38O3. The van der Waals surface area contributed by atoms with E-state index in [0.29, 0.717) is 5.56 Å². The summed E-state index contributed by atoms with van der Waals surface area (Å²) in [5.41, 5.74) is 0.498. The fourth-order valence-electron chi connectivity index (χ4n) is 3.27. The van der Waals surface area contributed by atoms with Gasteiger partial charge >= 0.3 is 0 Å². The Balaban J connectivity index is 2.23. The molecule has 3 nitrogen and oxygen atoms in total. The molecule has 0 saturated carbocycles. The van der Waals surface area contributed by atoms with Crippen molar-refractivity contribution in [1.82, 2.24) is 0 Å². The van der Waals surface area contributed by atoms with Gasteiger partial charge in [0, 0.05) is 5.56 Å². The van der Waals surface area contributed by atoms with Crippen LogP contribution >= 0.6 is 0 Å². The zero-order chi connectivity index (χ0) is 19.0. The van der Waals surface area contributed by atoms with Crippen LogP contribution in [0.25, 0.3) is 0 Å². The van der Waals surface area contributed by atoms with Crippen molar-refractivity contribution >= 4 is 5.78 Å². The Morgan fingerprint density at radius 3 is 2.00 bits per heavy atom. The smallest absolute Gasteiger partial charge is 0.220 e. The summed E-state index contributed by atoms with van der Waals surface area (Å²) in [5.74, 6) is -0.348. The van der Waals surface area contributed by atoms with Crippen molar-refractivity contribution in [3.05, 3.63) is 35.9 Å². The first kappa shape index (κ1) is 22.9. The van der Waals surface area contributed by atoms with Crippen molar-refractivity contribution in [2.45, 2.75) is 103 Å². The number of rotatable bonds is 16. The second-order valence-corrected chi connectivity index (χ2v) is 7.25. The third kappa shape index (κ3) is 10.1. The molecule has 2 unspecified atom stereocenters. The number of aliphatic hydroxyl groups is 1. The maximum absolute atomic E-state index is 12.2. The lowest BCUT2D eigenvalue weighted by atomic mass is 10.0. The molecule has 0 amide bonds. The van der Waals surface area contributed by atoms with Gasteiger partial charge in [-0.2, -0.15) is 0 Å². The number of ether oxygens (including phenoxy) is 1. The van der Waals surface area contributed by atoms with Crippen molar-refractivity contribution in [3.63, 3.8) is 0 Å². The molecule has 0 spiro atoms. The molecule has 1 rings (SSSR count). The zero-order valence-electron chi connectivity index (χ0n) is 16.8. The minimum atomic E-state index is -1.35. The third-order valence-corrected chi connectivity index (χ3v) is 4.84. The normalized spacial score (nSPS) is 13.5. The Morgan fingerprint density at radius 1 is 0.846 bits per heavy atom. The summed E-state index contributed by atoms with van der Waals surface area (Å²) in [5, 5.41) is 10.1. The maximum atomic E-state index is 12.2. The number of Topliss-reactive ketones (excluding diaryl/α,β-unsaturated/α-hetero) is 1. The van der Waals surface area contributed by atoms with E-state index in [2.05, 4.69) is 13.8 Å². The van der Waals surface area contributed by atoms with Gasteiger partial charge in [-0.1, -0.05) is 108 Å². The first-order valence-electron chi connectivity index (χ1n) is 10.6. The first-order chi connectivity index (χ1) is 12.7. The standard InChI is InChI=1S/C23H38O3/c1-3-5-6-7-8-9-10-11-15-19-21(16-4-2)26-23(25)22(24)20-17-13-12-14-18-20/h12-14,17-18,21,23,25H,3-11,15-16,19H2,1-2H3. The first-order valence-corrected chi connectivity index (χ1v) is 10.6. The molecule has 0 radical (unpaired) electrons. The third-order valence-electron chi connectivity index (χ3n) is 4.84. The van der Waals surface area contributed by atoms with E-state index in [9.17, 15) is 9.90 Å². The van der Waals surface area contributed by atoms with Gasteiger partial charge in [-0.25, -0.2) is 0 Å². The largest absolute Gasteiger partial charge is 0.362 e. The average molecular weight is 363 g/mol. The molecule has 3 heteroatoms. The van der Waals surface area contributed by atoms with E-state index in [0.717, 1.165) is 25.7 Å². The highest BCUT2D eigenvalue weighted by molar-refractivity contribution is 5.98. The highest BCUT2D eigenvalue weighted by Gasteiger charge is 2.21. The summed E-state index contributed by atoms with van der Waals surface area (Å²) in [6.07, 6.45) is 13.1. The number of benzene rings is 1. The Bertz CT molecular complexity index is 458. The predicted octanol–water partition coefficient (Wildman–Crippen LogP) is 6.29. The molecule has 0 aliphatic heterocycles. The lowest BCUT2D eigenvalue weighted by Gasteiger charge is -2.20. The molecule has 0 saturated heterocycles. The monoisotopic (exact) mass is 362 g/mol. The van der Waals surface area contributed by atoms with Crippen LogP contribution in [-0.4, -0.2) is 23.3 Å². The van der Waals surface area contributed by atoms with Crippen LogP contribution in [0, 0.1) is 0 Å². The van der Waals surface area contributed by atoms with Crippen LogP contribution in [0.4, 0.5) is 0 Å². The number of carbonyl (C=O) groups excluding carboxylic acids is 1. The Kier molecular flexibility index (Phi) is 13.1. The van der Waals surface area contributed by atoms with Crippen molar-refractivity contribution in [2.24, 2.45) is 0 Å². The van der Waals surface area contributed by atoms with E-state index in [-0.39, 0.29) is 11.9 Å². The van der Waals surface area contributed by atoms with Crippen LogP contribution < -0.4 is 0 Å². The molecule has 0 heterocycles. The van der Waals surface area contributed by atoms with Crippen molar-refractivity contribution in [1.29, 1.82) is 0 Å². The zero-order valence-corrected chi connectivity index (χ0v) is 16.8. The Labute approximate surface area is 160 Å². The molecule has 2 atom stereocenters. The fraction of sp³-hybridized carbons (Fsp3) is 0.696. The summed E-state index contributed by atoms with van der Waals surface area (Å²) in [4.78, 5) is 12.2. The molecule has 148 valence electrons. The van der Waals surface area contributed by atoms with Crippen molar-refractivity contribution in [2.75, 3.05) is 0 Å². The second kappa shape index (κ2) is 14.9. The van der Waals surface area contributed by atoms with E-state index in [1.165, 1.54) is 51.4 Å². The van der Waals surface area contributed by atoms with Gasteiger partial charge in [0.1, 0.15) is 0 Å². The molecule has 0 aliphatic rings. The van der Waals surface area contributed by atoms with Gasteiger partial charge < -0.3 is 9.84 Å². The maximum Gasteiger partial charge on any atom is 0.220 e. The van der Waals surface area contributed by atoms with Gasteiger partial charge in [0.25, 0.3) is 0 Å². The summed E-state index contributed by atoms with van der Waals surface area (Å²) < 4.78 is 5.69. The van der Waals surface area contributed by atoms with Crippen LogP contribution in [0.5, 0.6) is 0 Å². The number of aliphatic hydroxyl groups excluding tert-OH is 1. The minimum absolute atomic E-state index is 0.0350. The SMILES string of the molecule is CCCCCCCCCCCC(CCC)OC(O)C(=O)c1ccccc1. The highest BCUT2D eigenvalue weighted by atomic mass is 16.6. The Hall–Kier alpha value is -1.19. The highest BCUT2D eigenvalue weighted by Crippen LogP contribution is 2.17. The topological polar surface area (TPSA) is 46.5 Å². The van der Waals surface area contributed by atoms with Crippen LogP contribution in [0.2, 0.25) is 0 Å². The van der Waals surface area contributed by atoms with Crippen LogP contribution in [0.3, 0.4) is 0 Å². The summed E-state index contributed by atoms with van der Waals surface area (Å²) in [7, 11) is 0. The van der Waals surface area contributed by atoms with Crippen molar-refractivity contribution in [3.8, 4) is 0 Å². The number of hydrogen-bond donors (Lipinski definition) is 1. The fourth-order valence-corrected chi connectivity index (χ4v) is 3.27. The van der Waals surface area contributed by atoms with E-state index in [4.69, 9.17) is 4.74 Å². The molecule has 0 aromatic heterocycles. The summed E-state index contributed by atoms with van der Waals surface area (Å²) >= 11 is 0. The molecular weight excluding hydrogens is 324 g/mol. The molecule has 0 bridgehead atoms. The quantitative estimate of drug-likeness (QED) is 0.213. The van der Waals surface area contributed by atoms with Crippen LogP contribution in [0.15, 0.2) is 30.3 Å². The molecule has 0 aliphatic carbocycles. The van der Waals surface area contributed by atoms with Gasteiger partial charge in [-0.3, -0.25) is 4.79 Å². The number of ketones is 1. The molecule has 26 heavy (non-hydrogen) atoms. The van der Waals surface area contributed by atoms with Gasteiger partial charge in [-0.05, 0) is 12.8 Å². The van der Waals surface area contributed by atoms with Crippen LogP contribution in [0.1, 0.15) is 101 Å². The van der Waals surface area contributed by atoms with Gasteiger partial charge in [0.15, 0.2) is 0 Å². The van der Waals surface area contributed by atoms with E-state index < -0.39 is 6.29 Å². The summed E-state index contributed by atoms with van der Waals surface area (Å²) in [6, 6.07) is 8.87.